The molecule has 104 valence electrons. The van der Waals surface area contributed by atoms with Gasteiger partial charge in [-0.1, -0.05) is 16.8 Å². The van der Waals surface area contributed by atoms with Gasteiger partial charge in [0.2, 0.25) is 0 Å². The lowest BCUT2D eigenvalue weighted by molar-refractivity contribution is -0.387. The van der Waals surface area contributed by atoms with Crippen molar-refractivity contribution in [2.24, 2.45) is 0 Å². The van der Waals surface area contributed by atoms with E-state index in [-0.39, 0.29) is 0 Å². The summed E-state index contributed by atoms with van der Waals surface area (Å²) < 4.78 is 10.8. The minimum absolute atomic E-state index is 0.301. The average molecular weight is 293 g/mol. The fourth-order valence-corrected chi connectivity index (χ4v) is 2.30. The second-order valence-electron chi connectivity index (χ2n) is 4.64. The van der Waals surface area contributed by atoms with Crippen LogP contribution in [0.15, 0.2) is 28.8 Å². The molecule has 1 aromatic carbocycles. The van der Waals surface area contributed by atoms with Gasteiger partial charge in [-0.25, -0.2) is 0 Å². The Hall–Kier alpha value is -1.98. The van der Waals surface area contributed by atoms with Gasteiger partial charge >= 0.3 is 0 Å². The lowest BCUT2D eigenvalue weighted by atomic mass is 10.2. The summed E-state index contributed by atoms with van der Waals surface area (Å²) in [5, 5.41) is 5.44. The van der Waals surface area contributed by atoms with Crippen LogP contribution in [0.5, 0.6) is 5.75 Å². The second kappa shape index (κ2) is 5.19. The number of nitrogens with one attached hydrogen (secondary N) is 1. The van der Waals surface area contributed by atoms with Crippen molar-refractivity contribution >= 4 is 22.5 Å². The molecule has 2 heterocycles. The third-order valence-corrected chi connectivity index (χ3v) is 3.34. The van der Waals surface area contributed by atoms with E-state index in [4.69, 9.17) is 20.9 Å². The summed E-state index contributed by atoms with van der Waals surface area (Å²) in [6.45, 7) is 2.88. The van der Waals surface area contributed by atoms with Crippen LogP contribution in [0.1, 0.15) is 17.1 Å². The summed E-state index contributed by atoms with van der Waals surface area (Å²) in [4.78, 5) is 3.28. The Morgan fingerprint density at radius 3 is 2.90 bits per heavy atom. The molecular weight excluding hydrogens is 278 g/mol. The molecule has 20 heavy (non-hydrogen) atoms. The molecule has 0 aliphatic heterocycles. The number of aryl methyl sites for hydroxylation is 1. The number of nitrogens with zero attached hydrogens (tertiary/aromatic N) is 1. The second-order valence-corrected chi connectivity index (χ2v) is 5.04. The number of ether oxygens (including phenoxy) is 1. The number of H-pyrrole nitrogens is 1. The summed E-state index contributed by atoms with van der Waals surface area (Å²) in [6.07, 6.45) is 0. The Balaban J connectivity index is 1.85. The predicted octanol–water partition coefficient (Wildman–Crippen LogP) is 2.44. The molecule has 4 N–H and O–H groups in total. The highest BCUT2D eigenvalue weighted by Crippen LogP contribution is 2.31. The average Bonchev–Trinajstić information content (AvgIpc) is 3.01. The smallest absolute Gasteiger partial charge is 0.174 e. The van der Waals surface area contributed by atoms with Gasteiger partial charge in [0.25, 0.3) is 0 Å². The van der Waals surface area contributed by atoms with E-state index >= 15 is 0 Å². The van der Waals surface area contributed by atoms with E-state index in [9.17, 15) is 0 Å². The fraction of sp³-hybridized carbons (Fsp3) is 0.214. The molecule has 3 aromatic rings. The topological polar surface area (TPSA) is 78.7 Å². The molecular formula is C14H15ClN3O2+. The largest absolute Gasteiger partial charge is 0.484 e. The molecule has 3 rings (SSSR count). The number of quaternary nitrogens is 1. The van der Waals surface area contributed by atoms with E-state index in [1.165, 1.54) is 0 Å². The van der Waals surface area contributed by atoms with Crippen LogP contribution in [0, 0.1) is 6.92 Å². The van der Waals surface area contributed by atoms with Crippen molar-refractivity contribution in [3.63, 3.8) is 0 Å². The van der Waals surface area contributed by atoms with Crippen LogP contribution in [-0.4, -0.2) is 10.1 Å². The quantitative estimate of drug-likeness (QED) is 0.775. The standard InChI is InChI=1S/C14H14ClN3O2/c1-8-2-11(20-18-8)7-19-14-5-13-9(4-12(14)15)3-10(6-16)17-13/h2-5,17H,6-7,16H2,1H3/p+1. The lowest BCUT2D eigenvalue weighted by Gasteiger charge is -2.06. The molecule has 0 aliphatic carbocycles. The van der Waals surface area contributed by atoms with Crippen molar-refractivity contribution in [1.82, 2.24) is 10.1 Å². The van der Waals surface area contributed by atoms with Crippen LogP contribution >= 0.6 is 11.6 Å². The Kier molecular flexibility index (Phi) is 3.38. The molecule has 2 aromatic heterocycles. The van der Waals surface area contributed by atoms with E-state index in [1.54, 1.807) is 0 Å². The number of hydrogen-bond donors (Lipinski definition) is 2. The van der Waals surface area contributed by atoms with Gasteiger partial charge in [0.1, 0.15) is 18.9 Å². The van der Waals surface area contributed by atoms with Crippen molar-refractivity contribution in [2.45, 2.75) is 20.1 Å². The molecule has 0 fully saturated rings. The van der Waals surface area contributed by atoms with Gasteiger partial charge in [-0.05, 0) is 19.1 Å². The third-order valence-electron chi connectivity index (χ3n) is 3.05. The SMILES string of the molecule is Cc1cc(COc2cc3[nH]c(C[NH3+])cc3cc2Cl)on1. The Bertz CT molecular complexity index is 748. The van der Waals surface area contributed by atoms with Crippen LogP contribution in [0.2, 0.25) is 5.02 Å². The summed E-state index contributed by atoms with van der Waals surface area (Å²) in [6, 6.07) is 7.65. The minimum atomic E-state index is 0.301. The van der Waals surface area contributed by atoms with Crippen LogP contribution < -0.4 is 10.5 Å². The number of rotatable bonds is 4. The van der Waals surface area contributed by atoms with Gasteiger partial charge < -0.3 is 20.0 Å². The van der Waals surface area contributed by atoms with Crippen molar-refractivity contribution in [3.05, 3.63) is 46.4 Å². The fourth-order valence-electron chi connectivity index (χ4n) is 2.07. The maximum Gasteiger partial charge on any atom is 0.174 e. The first-order chi connectivity index (χ1) is 9.65. The number of hydrogen-bond acceptors (Lipinski definition) is 3. The predicted molar refractivity (Wildman–Crippen MR) is 75.5 cm³/mol. The molecule has 0 spiro atoms. The van der Waals surface area contributed by atoms with Crippen LogP contribution in [0.25, 0.3) is 10.9 Å². The highest BCUT2D eigenvalue weighted by molar-refractivity contribution is 6.32. The van der Waals surface area contributed by atoms with Gasteiger partial charge in [-0.3, -0.25) is 0 Å². The molecule has 0 aliphatic rings. The highest BCUT2D eigenvalue weighted by Gasteiger charge is 2.09. The first-order valence-electron chi connectivity index (χ1n) is 6.31. The van der Waals surface area contributed by atoms with E-state index in [0.717, 1.165) is 22.3 Å². The van der Waals surface area contributed by atoms with E-state index < -0.39 is 0 Å². The monoisotopic (exact) mass is 292 g/mol. The minimum Gasteiger partial charge on any atom is -0.484 e. The zero-order valence-electron chi connectivity index (χ0n) is 11.1. The van der Waals surface area contributed by atoms with Gasteiger partial charge in [0.15, 0.2) is 5.76 Å². The Morgan fingerprint density at radius 1 is 1.35 bits per heavy atom. The maximum absolute atomic E-state index is 6.23. The number of halogens is 1. The van der Waals surface area contributed by atoms with Gasteiger partial charge in [-0.15, -0.1) is 0 Å². The molecule has 6 heteroatoms. The molecule has 0 saturated carbocycles. The molecule has 0 atom stereocenters. The third kappa shape index (κ3) is 2.50. The van der Waals surface area contributed by atoms with Crippen molar-refractivity contribution in [3.8, 4) is 5.75 Å². The van der Waals surface area contributed by atoms with Crippen molar-refractivity contribution in [1.29, 1.82) is 0 Å². The molecule has 0 unspecified atom stereocenters. The summed E-state index contributed by atoms with van der Waals surface area (Å²) >= 11 is 6.23. The zero-order chi connectivity index (χ0) is 14.1. The lowest BCUT2D eigenvalue weighted by Crippen LogP contribution is -2.47. The molecule has 5 nitrogen and oxygen atoms in total. The van der Waals surface area contributed by atoms with Gasteiger partial charge in [-0.2, -0.15) is 0 Å². The van der Waals surface area contributed by atoms with Crippen LogP contribution in [-0.2, 0) is 13.2 Å². The Morgan fingerprint density at radius 2 is 2.20 bits per heavy atom. The first-order valence-corrected chi connectivity index (χ1v) is 6.69. The highest BCUT2D eigenvalue weighted by atomic mass is 35.5. The molecule has 0 amide bonds. The molecule has 0 radical (unpaired) electrons. The number of fused-ring (bicyclic) bond motifs is 1. The van der Waals surface area contributed by atoms with Gasteiger partial charge in [0, 0.05) is 23.0 Å². The van der Waals surface area contributed by atoms with Crippen molar-refractivity contribution < 1.29 is 15.0 Å². The summed E-state index contributed by atoms with van der Waals surface area (Å²) in [5.41, 5.74) is 6.74. The maximum atomic E-state index is 6.23. The molecule has 0 saturated heterocycles. The van der Waals surface area contributed by atoms with Crippen LogP contribution in [0.3, 0.4) is 0 Å². The normalized spacial score (nSPS) is 11.2. The van der Waals surface area contributed by atoms with E-state index in [1.807, 2.05) is 31.2 Å². The van der Waals surface area contributed by atoms with E-state index in [2.05, 4.69) is 15.9 Å². The number of benzene rings is 1. The number of aromatic amines is 1. The summed E-state index contributed by atoms with van der Waals surface area (Å²) in [5.74, 6) is 1.29. The van der Waals surface area contributed by atoms with E-state index in [0.29, 0.717) is 29.7 Å². The molecule has 0 bridgehead atoms. The number of aromatic nitrogens is 2. The summed E-state index contributed by atoms with van der Waals surface area (Å²) in [7, 11) is 0. The zero-order valence-corrected chi connectivity index (χ0v) is 11.8. The van der Waals surface area contributed by atoms with Crippen molar-refractivity contribution in [2.75, 3.05) is 0 Å². The van der Waals surface area contributed by atoms with Gasteiger partial charge in [0.05, 0.1) is 16.4 Å². The first kappa shape index (κ1) is 13.0. The van der Waals surface area contributed by atoms with Crippen LogP contribution in [0.4, 0.5) is 0 Å². The Labute approximate surface area is 120 Å².